The molecule has 0 bridgehead atoms. The fourth-order valence-corrected chi connectivity index (χ4v) is 2.70. The highest BCUT2D eigenvalue weighted by Gasteiger charge is 2.51. The number of carbonyl (C=O) groups is 1. The molecule has 2 fully saturated rings. The van der Waals surface area contributed by atoms with Gasteiger partial charge in [-0.15, -0.1) is 0 Å². The maximum absolute atomic E-state index is 12.3. The summed E-state index contributed by atoms with van der Waals surface area (Å²) >= 11 is 0. The van der Waals surface area contributed by atoms with Crippen LogP contribution in [0.25, 0.3) is 0 Å². The van der Waals surface area contributed by atoms with Gasteiger partial charge in [0.1, 0.15) is 0 Å². The maximum Gasteiger partial charge on any atom is 0.494 e. The highest BCUT2D eigenvalue weighted by molar-refractivity contribution is 6.62. The monoisotopic (exact) mass is 317 g/mol. The molecule has 0 N–H and O–H groups in total. The SMILES string of the molecule is COC1CN(C(=O)c2ccc(B3OC(C)(C)C(C)(C)O3)cc2)C1. The highest BCUT2D eigenvalue weighted by atomic mass is 16.7. The molecule has 3 rings (SSSR count). The summed E-state index contributed by atoms with van der Waals surface area (Å²) in [6.45, 7) is 9.44. The van der Waals surface area contributed by atoms with E-state index in [4.69, 9.17) is 14.0 Å². The van der Waals surface area contributed by atoms with Gasteiger partial charge in [0.15, 0.2) is 0 Å². The van der Waals surface area contributed by atoms with Gasteiger partial charge in [0, 0.05) is 25.8 Å². The Balaban J connectivity index is 1.68. The minimum Gasteiger partial charge on any atom is -0.399 e. The van der Waals surface area contributed by atoms with Crippen molar-refractivity contribution in [2.75, 3.05) is 20.2 Å². The number of hydrogen-bond donors (Lipinski definition) is 0. The maximum atomic E-state index is 12.3. The van der Waals surface area contributed by atoms with Crippen LogP contribution in [0, 0.1) is 0 Å². The van der Waals surface area contributed by atoms with Gasteiger partial charge in [-0.25, -0.2) is 0 Å². The van der Waals surface area contributed by atoms with Crippen LogP contribution in [0.1, 0.15) is 38.1 Å². The lowest BCUT2D eigenvalue weighted by molar-refractivity contribution is -0.0191. The van der Waals surface area contributed by atoms with Crippen LogP contribution in [0.5, 0.6) is 0 Å². The molecule has 124 valence electrons. The number of likely N-dealkylation sites (tertiary alicyclic amines) is 1. The minimum atomic E-state index is -0.397. The molecule has 0 saturated carbocycles. The van der Waals surface area contributed by atoms with Crippen LogP contribution in [0.4, 0.5) is 0 Å². The quantitative estimate of drug-likeness (QED) is 0.792. The Bertz CT molecular complexity index is 577. The molecule has 0 atom stereocenters. The molecule has 0 aliphatic carbocycles. The van der Waals surface area contributed by atoms with Gasteiger partial charge in [0.25, 0.3) is 5.91 Å². The van der Waals surface area contributed by atoms with Crippen LogP contribution in [0.2, 0.25) is 0 Å². The smallest absolute Gasteiger partial charge is 0.399 e. The van der Waals surface area contributed by atoms with Crippen molar-refractivity contribution < 1.29 is 18.8 Å². The number of hydrogen-bond acceptors (Lipinski definition) is 4. The van der Waals surface area contributed by atoms with E-state index in [-0.39, 0.29) is 23.2 Å². The summed E-state index contributed by atoms with van der Waals surface area (Å²) in [6.07, 6.45) is 0.169. The van der Waals surface area contributed by atoms with E-state index in [1.807, 2.05) is 52.0 Å². The van der Waals surface area contributed by atoms with Gasteiger partial charge >= 0.3 is 7.12 Å². The average Bonchev–Trinajstić information content (AvgIpc) is 2.66. The van der Waals surface area contributed by atoms with Crippen molar-refractivity contribution in [3.63, 3.8) is 0 Å². The summed E-state index contributed by atoms with van der Waals surface area (Å²) in [5.74, 6) is 0.0405. The number of methoxy groups -OCH3 is 1. The average molecular weight is 317 g/mol. The molecule has 2 saturated heterocycles. The number of amides is 1. The van der Waals surface area contributed by atoms with E-state index in [1.54, 1.807) is 12.0 Å². The van der Waals surface area contributed by atoms with Gasteiger partial charge in [0.2, 0.25) is 0 Å². The normalized spacial score (nSPS) is 23.0. The van der Waals surface area contributed by atoms with E-state index in [2.05, 4.69) is 0 Å². The molecule has 1 aromatic carbocycles. The van der Waals surface area contributed by atoms with Crippen LogP contribution < -0.4 is 5.46 Å². The molecule has 1 aromatic rings. The zero-order chi connectivity index (χ0) is 16.8. The van der Waals surface area contributed by atoms with Crippen molar-refractivity contribution in [1.82, 2.24) is 4.90 Å². The Hall–Kier alpha value is -1.37. The van der Waals surface area contributed by atoms with Gasteiger partial charge < -0.3 is 18.9 Å². The second-order valence-electron chi connectivity index (χ2n) is 7.28. The summed E-state index contributed by atoms with van der Waals surface area (Å²) in [6, 6.07) is 7.48. The van der Waals surface area contributed by atoms with E-state index < -0.39 is 7.12 Å². The number of benzene rings is 1. The molecular weight excluding hydrogens is 293 g/mol. The lowest BCUT2D eigenvalue weighted by Gasteiger charge is -2.38. The zero-order valence-electron chi connectivity index (χ0n) is 14.5. The van der Waals surface area contributed by atoms with Crippen molar-refractivity contribution in [3.05, 3.63) is 29.8 Å². The molecule has 0 unspecified atom stereocenters. The third-order valence-electron chi connectivity index (χ3n) is 5.15. The lowest BCUT2D eigenvalue weighted by Crippen LogP contribution is -2.54. The van der Waals surface area contributed by atoms with Crippen LogP contribution in [0.3, 0.4) is 0 Å². The molecule has 2 heterocycles. The van der Waals surface area contributed by atoms with Crippen molar-refractivity contribution in [1.29, 1.82) is 0 Å². The van der Waals surface area contributed by atoms with Gasteiger partial charge in [0.05, 0.1) is 17.3 Å². The molecule has 6 heteroatoms. The summed E-state index contributed by atoms with van der Waals surface area (Å²) in [5, 5.41) is 0. The summed E-state index contributed by atoms with van der Waals surface area (Å²) in [5.41, 5.74) is 0.885. The topological polar surface area (TPSA) is 48.0 Å². The first-order valence-electron chi connectivity index (χ1n) is 8.01. The molecule has 2 aliphatic heterocycles. The Morgan fingerprint density at radius 2 is 1.65 bits per heavy atom. The van der Waals surface area contributed by atoms with Crippen molar-refractivity contribution in [3.8, 4) is 0 Å². The first kappa shape index (κ1) is 16.5. The largest absolute Gasteiger partial charge is 0.494 e. The summed E-state index contributed by atoms with van der Waals surface area (Å²) in [7, 11) is 1.28. The number of ether oxygens (including phenoxy) is 1. The fourth-order valence-electron chi connectivity index (χ4n) is 2.70. The molecule has 2 aliphatic rings. The van der Waals surface area contributed by atoms with Crippen LogP contribution in [-0.2, 0) is 14.0 Å². The second-order valence-corrected chi connectivity index (χ2v) is 7.28. The summed E-state index contributed by atoms with van der Waals surface area (Å²) in [4.78, 5) is 14.1. The Labute approximate surface area is 138 Å². The standard InChI is InChI=1S/C17H24BNO4/c1-16(2)17(3,4)23-18(22-16)13-8-6-12(7-9-13)15(20)19-10-14(11-19)21-5/h6-9,14H,10-11H2,1-5H3. The number of carbonyl (C=O) groups excluding carboxylic acids is 1. The second kappa shape index (κ2) is 5.62. The predicted octanol–water partition coefficient (Wildman–Crippen LogP) is 1.46. The van der Waals surface area contributed by atoms with Crippen LogP contribution >= 0.6 is 0 Å². The van der Waals surface area contributed by atoms with Crippen molar-refractivity contribution in [2.24, 2.45) is 0 Å². The zero-order valence-corrected chi connectivity index (χ0v) is 14.5. The fraction of sp³-hybridized carbons (Fsp3) is 0.588. The molecule has 23 heavy (non-hydrogen) atoms. The predicted molar refractivity (Wildman–Crippen MR) is 88.9 cm³/mol. The van der Waals surface area contributed by atoms with E-state index in [9.17, 15) is 4.79 Å². The Morgan fingerprint density at radius 1 is 1.13 bits per heavy atom. The lowest BCUT2D eigenvalue weighted by atomic mass is 9.79. The molecule has 0 spiro atoms. The van der Waals surface area contributed by atoms with Crippen LogP contribution in [0.15, 0.2) is 24.3 Å². The molecule has 5 nitrogen and oxygen atoms in total. The first-order chi connectivity index (χ1) is 10.7. The Kier molecular flexibility index (Phi) is 4.03. The van der Waals surface area contributed by atoms with Gasteiger partial charge in [-0.3, -0.25) is 4.79 Å². The third kappa shape index (κ3) is 2.91. The van der Waals surface area contributed by atoms with E-state index in [0.717, 1.165) is 5.46 Å². The highest BCUT2D eigenvalue weighted by Crippen LogP contribution is 2.36. The van der Waals surface area contributed by atoms with Gasteiger partial charge in [-0.2, -0.15) is 0 Å². The van der Waals surface area contributed by atoms with E-state index >= 15 is 0 Å². The molecule has 0 aromatic heterocycles. The van der Waals surface area contributed by atoms with Crippen LogP contribution in [-0.4, -0.2) is 55.4 Å². The first-order valence-corrected chi connectivity index (χ1v) is 8.01. The van der Waals surface area contributed by atoms with Gasteiger partial charge in [-0.05, 0) is 45.3 Å². The van der Waals surface area contributed by atoms with Crippen molar-refractivity contribution >= 4 is 18.5 Å². The number of nitrogens with zero attached hydrogens (tertiary/aromatic N) is 1. The third-order valence-corrected chi connectivity index (χ3v) is 5.15. The summed E-state index contributed by atoms with van der Waals surface area (Å²) < 4.78 is 17.3. The van der Waals surface area contributed by atoms with E-state index in [1.165, 1.54) is 0 Å². The molecule has 0 radical (unpaired) electrons. The minimum absolute atomic E-state index is 0.0405. The van der Waals surface area contributed by atoms with Gasteiger partial charge in [-0.1, -0.05) is 12.1 Å². The van der Waals surface area contributed by atoms with E-state index in [0.29, 0.717) is 18.7 Å². The number of rotatable bonds is 3. The van der Waals surface area contributed by atoms with Crippen molar-refractivity contribution in [2.45, 2.75) is 45.0 Å². The Morgan fingerprint density at radius 3 is 2.13 bits per heavy atom. The molecule has 1 amide bonds. The molecular formula is C17H24BNO4.